The zero-order valence-corrected chi connectivity index (χ0v) is 12.0. The molecule has 1 heterocycles. The molecule has 0 aliphatic heterocycles. The number of nitrogens with two attached hydrogens (primary N) is 1. The SMILES string of the molecule is CCCCCOc1c(N)cnc2ccc(Br)cc12. The monoisotopic (exact) mass is 308 g/mol. The number of fused-ring (bicyclic) bond motifs is 1. The lowest BCUT2D eigenvalue weighted by Gasteiger charge is -2.11. The number of benzene rings is 1. The molecule has 4 heteroatoms. The molecule has 0 saturated carbocycles. The third-order valence-corrected chi connectivity index (χ3v) is 3.30. The van der Waals surface area contributed by atoms with Gasteiger partial charge < -0.3 is 10.5 Å². The molecule has 96 valence electrons. The largest absolute Gasteiger partial charge is 0.491 e. The van der Waals surface area contributed by atoms with Crippen LogP contribution in [0.25, 0.3) is 10.9 Å². The minimum absolute atomic E-state index is 0.595. The minimum atomic E-state index is 0.595. The van der Waals surface area contributed by atoms with E-state index >= 15 is 0 Å². The molecular weight excluding hydrogens is 292 g/mol. The van der Waals surface area contributed by atoms with Crippen molar-refractivity contribution in [3.8, 4) is 5.75 Å². The molecular formula is C14H17BrN2O. The van der Waals surface area contributed by atoms with Crippen LogP contribution in [0.4, 0.5) is 5.69 Å². The van der Waals surface area contributed by atoms with Crippen molar-refractivity contribution in [3.63, 3.8) is 0 Å². The van der Waals surface area contributed by atoms with Crippen molar-refractivity contribution in [2.75, 3.05) is 12.3 Å². The van der Waals surface area contributed by atoms with E-state index in [0.717, 1.165) is 27.5 Å². The van der Waals surface area contributed by atoms with Crippen LogP contribution in [0.5, 0.6) is 5.75 Å². The minimum Gasteiger partial charge on any atom is -0.491 e. The zero-order valence-electron chi connectivity index (χ0n) is 10.4. The highest BCUT2D eigenvalue weighted by Gasteiger charge is 2.08. The molecule has 3 nitrogen and oxygen atoms in total. The summed E-state index contributed by atoms with van der Waals surface area (Å²) < 4.78 is 6.82. The van der Waals surface area contributed by atoms with Gasteiger partial charge in [0.05, 0.1) is 24.0 Å². The molecule has 1 aromatic carbocycles. The van der Waals surface area contributed by atoms with E-state index < -0.39 is 0 Å². The molecule has 0 atom stereocenters. The van der Waals surface area contributed by atoms with Crippen LogP contribution in [-0.4, -0.2) is 11.6 Å². The lowest BCUT2D eigenvalue weighted by Crippen LogP contribution is -2.01. The average molecular weight is 309 g/mol. The van der Waals surface area contributed by atoms with Crippen molar-refractivity contribution in [2.45, 2.75) is 26.2 Å². The van der Waals surface area contributed by atoms with Crippen LogP contribution < -0.4 is 10.5 Å². The quantitative estimate of drug-likeness (QED) is 0.844. The van der Waals surface area contributed by atoms with Crippen molar-refractivity contribution in [2.24, 2.45) is 0 Å². The summed E-state index contributed by atoms with van der Waals surface area (Å²) in [6.07, 6.45) is 5.06. The molecule has 0 fully saturated rings. The van der Waals surface area contributed by atoms with Gasteiger partial charge in [-0.1, -0.05) is 35.7 Å². The van der Waals surface area contributed by atoms with E-state index in [1.807, 2.05) is 18.2 Å². The molecule has 0 amide bonds. The summed E-state index contributed by atoms with van der Waals surface area (Å²) >= 11 is 3.46. The van der Waals surface area contributed by atoms with E-state index in [1.165, 1.54) is 12.8 Å². The predicted molar refractivity (Wildman–Crippen MR) is 78.9 cm³/mol. The number of rotatable bonds is 5. The normalized spacial score (nSPS) is 10.8. The van der Waals surface area contributed by atoms with E-state index in [1.54, 1.807) is 6.20 Å². The number of halogens is 1. The molecule has 1 aromatic heterocycles. The van der Waals surface area contributed by atoms with Gasteiger partial charge >= 0.3 is 0 Å². The van der Waals surface area contributed by atoms with Gasteiger partial charge in [0, 0.05) is 9.86 Å². The summed E-state index contributed by atoms with van der Waals surface area (Å²) in [5, 5.41) is 0.959. The Hall–Kier alpha value is -1.29. The highest BCUT2D eigenvalue weighted by atomic mass is 79.9. The van der Waals surface area contributed by atoms with Gasteiger partial charge in [-0.25, -0.2) is 0 Å². The van der Waals surface area contributed by atoms with Crippen LogP contribution in [-0.2, 0) is 0 Å². The van der Waals surface area contributed by atoms with Gasteiger partial charge in [0.25, 0.3) is 0 Å². The number of unbranched alkanes of at least 4 members (excludes halogenated alkanes) is 2. The molecule has 0 spiro atoms. The maximum absolute atomic E-state index is 5.95. The second-order valence-corrected chi connectivity index (χ2v) is 5.18. The number of aromatic nitrogens is 1. The Kier molecular flexibility index (Phi) is 4.42. The Bertz CT molecular complexity index is 537. The second-order valence-electron chi connectivity index (χ2n) is 4.26. The van der Waals surface area contributed by atoms with Crippen molar-refractivity contribution >= 4 is 32.5 Å². The Labute approximate surface area is 115 Å². The van der Waals surface area contributed by atoms with Crippen LogP contribution in [0.3, 0.4) is 0 Å². The molecule has 2 rings (SSSR count). The molecule has 0 saturated heterocycles. The van der Waals surface area contributed by atoms with Crippen molar-refractivity contribution < 1.29 is 4.74 Å². The zero-order chi connectivity index (χ0) is 13.0. The molecule has 2 aromatic rings. The third-order valence-electron chi connectivity index (χ3n) is 2.80. The van der Waals surface area contributed by atoms with Gasteiger partial charge in [-0.05, 0) is 24.6 Å². The average Bonchev–Trinajstić information content (AvgIpc) is 2.36. The van der Waals surface area contributed by atoms with E-state index in [9.17, 15) is 0 Å². The highest BCUT2D eigenvalue weighted by Crippen LogP contribution is 2.32. The number of anilines is 1. The molecule has 0 bridgehead atoms. The predicted octanol–water partition coefficient (Wildman–Crippen LogP) is 4.15. The number of nitrogen functional groups attached to an aromatic ring is 1. The van der Waals surface area contributed by atoms with Gasteiger partial charge in [0.2, 0.25) is 0 Å². The lowest BCUT2D eigenvalue weighted by molar-refractivity contribution is 0.311. The van der Waals surface area contributed by atoms with E-state index in [4.69, 9.17) is 10.5 Å². The molecule has 0 aliphatic rings. The fraction of sp³-hybridized carbons (Fsp3) is 0.357. The summed E-state index contributed by atoms with van der Waals surface area (Å²) in [4.78, 5) is 4.30. The van der Waals surface area contributed by atoms with Crippen LogP contribution in [0, 0.1) is 0 Å². The van der Waals surface area contributed by atoms with E-state index in [0.29, 0.717) is 12.3 Å². The molecule has 2 N–H and O–H groups in total. The van der Waals surface area contributed by atoms with Crippen LogP contribution in [0.1, 0.15) is 26.2 Å². The van der Waals surface area contributed by atoms with Gasteiger partial charge in [-0.15, -0.1) is 0 Å². The van der Waals surface area contributed by atoms with Gasteiger partial charge in [0.1, 0.15) is 0 Å². The maximum atomic E-state index is 5.95. The van der Waals surface area contributed by atoms with Crippen molar-refractivity contribution in [1.82, 2.24) is 4.98 Å². The van der Waals surface area contributed by atoms with E-state index in [2.05, 4.69) is 27.8 Å². The Morgan fingerprint density at radius 2 is 2.17 bits per heavy atom. The first-order valence-electron chi connectivity index (χ1n) is 6.19. The standard InChI is InChI=1S/C14H17BrN2O/c1-2-3-4-7-18-14-11-8-10(15)5-6-13(11)17-9-12(14)16/h5-6,8-9H,2-4,7,16H2,1H3. The Morgan fingerprint density at radius 3 is 2.94 bits per heavy atom. The smallest absolute Gasteiger partial charge is 0.153 e. The molecule has 0 aliphatic carbocycles. The summed E-state index contributed by atoms with van der Waals surface area (Å²) in [5.41, 5.74) is 7.44. The number of nitrogens with zero attached hydrogens (tertiary/aromatic N) is 1. The Balaban J connectivity index is 2.29. The fourth-order valence-electron chi connectivity index (χ4n) is 1.84. The summed E-state index contributed by atoms with van der Waals surface area (Å²) in [6, 6.07) is 5.91. The first-order chi connectivity index (χ1) is 8.72. The first-order valence-corrected chi connectivity index (χ1v) is 6.98. The number of hydrogen-bond acceptors (Lipinski definition) is 3. The van der Waals surface area contributed by atoms with Crippen LogP contribution in [0.15, 0.2) is 28.9 Å². The van der Waals surface area contributed by atoms with Gasteiger partial charge in [-0.3, -0.25) is 4.98 Å². The number of pyridine rings is 1. The van der Waals surface area contributed by atoms with Crippen molar-refractivity contribution in [1.29, 1.82) is 0 Å². The van der Waals surface area contributed by atoms with Gasteiger partial charge in [-0.2, -0.15) is 0 Å². The topological polar surface area (TPSA) is 48.1 Å². The lowest BCUT2D eigenvalue weighted by atomic mass is 10.2. The van der Waals surface area contributed by atoms with Crippen LogP contribution >= 0.6 is 15.9 Å². The van der Waals surface area contributed by atoms with Crippen LogP contribution in [0.2, 0.25) is 0 Å². The molecule has 0 unspecified atom stereocenters. The third kappa shape index (κ3) is 2.93. The van der Waals surface area contributed by atoms with Gasteiger partial charge in [0.15, 0.2) is 5.75 Å². The summed E-state index contributed by atoms with van der Waals surface area (Å²) in [7, 11) is 0. The fourth-order valence-corrected chi connectivity index (χ4v) is 2.20. The number of ether oxygens (including phenoxy) is 1. The Morgan fingerprint density at radius 1 is 1.33 bits per heavy atom. The second kappa shape index (κ2) is 6.05. The van der Waals surface area contributed by atoms with Crippen molar-refractivity contribution in [3.05, 3.63) is 28.9 Å². The number of hydrogen-bond donors (Lipinski definition) is 1. The first kappa shape index (κ1) is 13.1. The highest BCUT2D eigenvalue weighted by molar-refractivity contribution is 9.10. The molecule has 18 heavy (non-hydrogen) atoms. The molecule has 0 radical (unpaired) electrons. The maximum Gasteiger partial charge on any atom is 0.153 e. The summed E-state index contributed by atoms with van der Waals surface area (Å²) in [5.74, 6) is 0.748. The van der Waals surface area contributed by atoms with E-state index in [-0.39, 0.29) is 0 Å². The summed E-state index contributed by atoms with van der Waals surface area (Å²) in [6.45, 7) is 2.87.